The van der Waals surface area contributed by atoms with Crippen LogP contribution in [0.1, 0.15) is 47.5 Å². The molecule has 1 heterocycles. The van der Waals surface area contributed by atoms with Gasteiger partial charge in [0, 0.05) is 6.54 Å². The van der Waals surface area contributed by atoms with E-state index in [1.165, 1.54) is 25.9 Å². The summed E-state index contributed by atoms with van der Waals surface area (Å²) in [5.74, 6) is 0.907. The maximum atomic E-state index is 3.47. The molecule has 0 amide bonds. The molecule has 12 heavy (non-hydrogen) atoms. The number of hydrogen-bond acceptors (Lipinski definition) is 1. The van der Waals surface area contributed by atoms with Crippen LogP contribution < -0.4 is 5.32 Å². The van der Waals surface area contributed by atoms with Gasteiger partial charge < -0.3 is 5.32 Å². The quantitative estimate of drug-likeness (QED) is 0.590. The van der Waals surface area contributed by atoms with E-state index in [4.69, 9.17) is 0 Å². The summed E-state index contributed by atoms with van der Waals surface area (Å²) in [6.07, 6.45) is 2.73. The zero-order valence-corrected chi connectivity index (χ0v) is 9.41. The van der Waals surface area contributed by atoms with Gasteiger partial charge in [0.15, 0.2) is 0 Å². The smallest absolute Gasteiger partial charge is 0.000262 e. The first kappa shape index (κ1) is 12.0. The third kappa shape index (κ3) is 4.76. The van der Waals surface area contributed by atoms with E-state index in [9.17, 15) is 0 Å². The normalized spacial score (nSPS) is 28.2. The fraction of sp³-hybridized carbons (Fsp3) is 1.00. The summed E-state index contributed by atoms with van der Waals surface area (Å²) in [7, 11) is 0. The van der Waals surface area contributed by atoms with Crippen molar-refractivity contribution in [3.05, 3.63) is 0 Å². The molecule has 0 aromatic carbocycles. The highest BCUT2D eigenvalue weighted by atomic mass is 14.9. The van der Waals surface area contributed by atoms with E-state index < -0.39 is 0 Å². The largest absolute Gasteiger partial charge is 0.316 e. The fourth-order valence-corrected chi connectivity index (χ4v) is 1.89. The zero-order valence-electron chi connectivity index (χ0n) is 9.41. The maximum Gasteiger partial charge on any atom is 0.000262 e. The summed E-state index contributed by atoms with van der Waals surface area (Å²) in [6, 6.07) is 0. The molecule has 1 aliphatic rings. The highest BCUT2D eigenvalue weighted by molar-refractivity contribution is 4.77. The Morgan fingerprint density at radius 1 is 1.25 bits per heavy atom. The van der Waals surface area contributed by atoms with Gasteiger partial charge in [-0.15, -0.1) is 0 Å². The van der Waals surface area contributed by atoms with E-state index in [1.807, 2.05) is 13.8 Å². The van der Waals surface area contributed by atoms with Crippen LogP contribution in [0.25, 0.3) is 0 Å². The predicted molar refractivity (Wildman–Crippen MR) is 56.4 cm³/mol. The van der Waals surface area contributed by atoms with Crippen molar-refractivity contribution in [1.29, 1.82) is 0 Å². The lowest BCUT2D eigenvalue weighted by Gasteiger charge is -2.23. The second-order valence-corrected chi connectivity index (χ2v) is 4.44. The molecular formula is C11H25N. The summed E-state index contributed by atoms with van der Waals surface area (Å²) >= 11 is 0. The van der Waals surface area contributed by atoms with Crippen LogP contribution in [0, 0.1) is 11.3 Å². The van der Waals surface area contributed by atoms with Gasteiger partial charge in [-0.3, -0.25) is 0 Å². The monoisotopic (exact) mass is 171 g/mol. The molecule has 1 fully saturated rings. The van der Waals surface area contributed by atoms with Crippen molar-refractivity contribution in [2.45, 2.75) is 47.5 Å². The van der Waals surface area contributed by atoms with Gasteiger partial charge in [-0.2, -0.15) is 0 Å². The summed E-state index contributed by atoms with van der Waals surface area (Å²) in [4.78, 5) is 0. The average Bonchev–Trinajstić information content (AvgIpc) is 2.14. The van der Waals surface area contributed by atoms with Crippen molar-refractivity contribution in [3.63, 3.8) is 0 Å². The van der Waals surface area contributed by atoms with Crippen LogP contribution in [-0.2, 0) is 0 Å². The summed E-state index contributed by atoms with van der Waals surface area (Å²) in [6.45, 7) is 13.5. The van der Waals surface area contributed by atoms with E-state index >= 15 is 0 Å². The molecule has 0 spiro atoms. The first-order chi connectivity index (χ1) is 5.60. The van der Waals surface area contributed by atoms with Crippen molar-refractivity contribution < 1.29 is 0 Å². The highest BCUT2D eigenvalue weighted by Crippen LogP contribution is 2.27. The van der Waals surface area contributed by atoms with Crippen molar-refractivity contribution in [2.75, 3.05) is 13.1 Å². The molecule has 0 aromatic heterocycles. The first-order valence-electron chi connectivity index (χ1n) is 5.31. The highest BCUT2D eigenvalue weighted by Gasteiger charge is 2.22. The molecule has 74 valence electrons. The lowest BCUT2D eigenvalue weighted by Crippen LogP contribution is -2.26. The molecule has 1 saturated heterocycles. The van der Waals surface area contributed by atoms with Crippen LogP contribution in [0.4, 0.5) is 0 Å². The summed E-state index contributed by atoms with van der Waals surface area (Å²) in [5.41, 5.74) is 0.524. The Hall–Kier alpha value is -0.0400. The Labute approximate surface area is 77.9 Å². The van der Waals surface area contributed by atoms with Crippen molar-refractivity contribution in [3.8, 4) is 0 Å². The number of nitrogens with one attached hydrogen (secondary N) is 1. The van der Waals surface area contributed by atoms with Gasteiger partial charge in [-0.1, -0.05) is 34.6 Å². The predicted octanol–water partition coefficient (Wildman–Crippen LogP) is 3.06. The van der Waals surface area contributed by atoms with Crippen molar-refractivity contribution in [2.24, 2.45) is 11.3 Å². The molecule has 1 nitrogen and oxygen atoms in total. The van der Waals surface area contributed by atoms with Crippen LogP contribution in [0.15, 0.2) is 0 Å². The standard InChI is InChI=1S/C9H19N.C2H6/c1-8-4-5-10-7-9(2,3)6-8;1-2/h8,10H,4-7H2,1-3H3;1-2H3. The molecule has 1 N–H and O–H groups in total. The maximum absolute atomic E-state index is 3.47. The molecule has 0 bridgehead atoms. The number of rotatable bonds is 0. The van der Waals surface area contributed by atoms with Gasteiger partial charge in [0.1, 0.15) is 0 Å². The van der Waals surface area contributed by atoms with Gasteiger partial charge in [0.2, 0.25) is 0 Å². The summed E-state index contributed by atoms with van der Waals surface area (Å²) < 4.78 is 0. The zero-order chi connectivity index (χ0) is 9.61. The molecule has 0 radical (unpaired) electrons. The van der Waals surface area contributed by atoms with E-state index in [0.717, 1.165) is 5.92 Å². The first-order valence-corrected chi connectivity index (χ1v) is 5.31. The van der Waals surface area contributed by atoms with E-state index in [0.29, 0.717) is 5.41 Å². The minimum absolute atomic E-state index is 0.524. The van der Waals surface area contributed by atoms with Crippen LogP contribution in [0.5, 0.6) is 0 Å². The summed E-state index contributed by atoms with van der Waals surface area (Å²) in [5, 5.41) is 3.47. The third-order valence-corrected chi connectivity index (χ3v) is 2.32. The van der Waals surface area contributed by atoms with E-state index in [1.54, 1.807) is 0 Å². The molecular weight excluding hydrogens is 146 g/mol. The SMILES string of the molecule is CC.CC1CCNCC(C)(C)C1. The molecule has 1 heteroatoms. The Bertz CT molecular complexity index is 108. The Morgan fingerprint density at radius 2 is 1.83 bits per heavy atom. The molecule has 0 aliphatic carbocycles. The minimum Gasteiger partial charge on any atom is -0.316 e. The average molecular weight is 171 g/mol. The number of hydrogen-bond donors (Lipinski definition) is 1. The molecule has 1 unspecified atom stereocenters. The molecule has 1 rings (SSSR count). The van der Waals surface area contributed by atoms with Gasteiger partial charge in [0.25, 0.3) is 0 Å². The van der Waals surface area contributed by atoms with Crippen molar-refractivity contribution >= 4 is 0 Å². The van der Waals surface area contributed by atoms with Gasteiger partial charge in [0.05, 0.1) is 0 Å². The molecule has 0 saturated carbocycles. The van der Waals surface area contributed by atoms with Gasteiger partial charge in [-0.25, -0.2) is 0 Å². The van der Waals surface area contributed by atoms with E-state index in [-0.39, 0.29) is 0 Å². The lowest BCUT2D eigenvalue weighted by atomic mass is 9.84. The van der Waals surface area contributed by atoms with Crippen LogP contribution in [-0.4, -0.2) is 13.1 Å². The molecule has 1 aliphatic heterocycles. The second-order valence-electron chi connectivity index (χ2n) is 4.44. The van der Waals surface area contributed by atoms with Gasteiger partial charge >= 0.3 is 0 Å². The van der Waals surface area contributed by atoms with Crippen LogP contribution >= 0.6 is 0 Å². The second kappa shape index (κ2) is 5.58. The molecule has 1 atom stereocenters. The minimum atomic E-state index is 0.524. The van der Waals surface area contributed by atoms with Crippen LogP contribution in [0.2, 0.25) is 0 Å². The fourth-order valence-electron chi connectivity index (χ4n) is 1.89. The third-order valence-electron chi connectivity index (χ3n) is 2.32. The Balaban J connectivity index is 0.000000561. The molecule has 0 aromatic rings. The van der Waals surface area contributed by atoms with E-state index in [2.05, 4.69) is 26.1 Å². The topological polar surface area (TPSA) is 12.0 Å². The lowest BCUT2D eigenvalue weighted by molar-refractivity contribution is 0.295. The van der Waals surface area contributed by atoms with Crippen LogP contribution in [0.3, 0.4) is 0 Å². The Morgan fingerprint density at radius 3 is 2.42 bits per heavy atom. The van der Waals surface area contributed by atoms with Gasteiger partial charge in [-0.05, 0) is 30.7 Å². The Kier molecular flexibility index (Phi) is 5.56. The van der Waals surface area contributed by atoms with Crippen molar-refractivity contribution in [1.82, 2.24) is 5.32 Å².